The minimum Gasteiger partial charge on any atom is -0.497 e. The molecule has 1 aliphatic heterocycles. The first-order valence-corrected chi connectivity index (χ1v) is 9.48. The van der Waals surface area contributed by atoms with E-state index in [1.165, 1.54) is 0 Å². The van der Waals surface area contributed by atoms with Crippen LogP contribution in [0.2, 0.25) is 0 Å². The van der Waals surface area contributed by atoms with Gasteiger partial charge < -0.3 is 14.8 Å². The highest BCUT2D eigenvalue weighted by Crippen LogP contribution is 2.13. The SMILES string of the molecule is COc1ccc(CCC(=O)OCC(=O)N[C@@H]2CCS(=O)(=O)C2)cc1. The molecule has 1 amide bonds. The van der Waals surface area contributed by atoms with Gasteiger partial charge in [-0.15, -0.1) is 0 Å². The quantitative estimate of drug-likeness (QED) is 0.714. The summed E-state index contributed by atoms with van der Waals surface area (Å²) in [5.41, 5.74) is 0.966. The minimum atomic E-state index is -3.05. The monoisotopic (exact) mass is 355 g/mol. The van der Waals surface area contributed by atoms with E-state index in [1.807, 2.05) is 24.3 Å². The summed E-state index contributed by atoms with van der Waals surface area (Å²) < 4.78 is 32.6. The largest absolute Gasteiger partial charge is 0.497 e. The van der Waals surface area contributed by atoms with Crippen LogP contribution in [0.15, 0.2) is 24.3 Å². The molecule has 0 aromatic heterocycles. The molecule has 1 saturated heterocycles. The van der Waals surface area contributed by atoms with Gasteiger partial charge in [0.2, 0.25) is 0 Å². The molecule has 1 aromatic carbocycles. The number of amides is 1. The summed E-state index contributed by atoms with van der Waals surface area (Å²) in [6.45, 7) is -0.391. The molecule has 0 saturated carbocycles. The van der Waals surface area contributed by atoms with E-state index in [9.17, 15) is 18.0 Å². The molecular weight excluding hydrogens is 334 g/mol. The molecule has 0 spiro atoms. The van der Waals surface area contributed by atoms with Crippen LogP contribution in [0, 0.1) is 0 Å². The molecule has 7 nitrogen and oxygen atoms in total. The Morgan fingerprint density at radius 3 is 2.54 bits per heavy atom. The summed E-state index contributed by atoms with van der Waals surface area (Å²) in [6, 6.07) is 6.95. The lowest BCUT2D eigenvalue weighted by Crippen LogP contribution is -2.38. The summed E-state index contributed by atoms with van der Waals surface area (Å²) in [5, 5.41) is 2.57. The van der Waals surface area contributed by atoms with Crippen LogP contribution in [0.1, 0.15) is 18.4 Å². The van der Waals surface area contributed by atoms with Crippen molar-refractivity contribution < 1.29 is 27.5 Å². The Morgan fingerprint density at radius 1 is 1.25 bits per heavy atom. The Bertz CT molecular complexity index is 683. The van der Waals surface area contributed by atoms with Crippen molar-refractivity contribution >= 4 is 21.7 Å². The number of esters is 1. The first kappa shape index (κ1) is 18.3. The van der Waals surface area contributed by atoms with Gasteiger partial charge in [0.1, 0.15) is 5.75 Å². The van der Waals surface area contributed by atoms with Gasteiger partial charge in [0, 0.05) is 12.5 Å². The Hall–Kier alpha value is -2.09. The van der Waals surface area contributed by atoms with Crippen molar-refractivity contribution in [3.8, 4) is 5.75 Å². The molecule has 1 N–H and O–H groups in total. The van der Waals surface area contributed by atoms with Gasteiger partial charge in [0.15, 0.2) is 16.4 Å². The number of nitrogens with one attached hydrogen (secondary N) is 1. The fourth-order valence-electron chi connectivity index (χ4n) is 2.43. The third kappa shape index (κ3) is 5.84. The fourth-order valence-corrected chi connectivity index (χ4v) is 4.11. The highest BCUT2D eigenvalue weighted by molar-refractivity contribution is 7.91. The first-order valence-electron chi connectivity index (χ1n) is 7.66. The summed E-state index contributed by atoms with van der Waals surface area (Å²) in [4.78, 5) is 23.3. The van der Waals surface area contributed by atoms with Crippen molar-refractivity contribution in [1.29, 1.82) is 0 Å². The maximum atomic E-state index is 11.7. The second-order valence-corrected chi connectivity index (χ2v) is 7.90. The van der Waals surface area contributed by atoms with Gasteiger partial charge in [-0.3, -0.25) is 9.59 Å². The Balaban J connectivity index is 1.66. The zero-order valence-corrected chi connectivity index (χ0v) is 14.3. The zero-order valence-electron chi connectivity index (χ0n) is 13.5. The van der Waals surface area contributed by atoms with Crippen LogP contribution in [0.25, 0.3) is 0 Å². The van der Waals surface area contributed by atoms with E-state index in [4.69, 9.17) is 9.47 Å². The number of hydrogen-bond donors (Lipinski definition) is 1. The van der Waals surface area contributed by atoms with Gasteiger partial charge in [-0.05, 0) is 30.5 Å². The maximum absolute atomic E-state index is 11.7. The summed E-state index contributed by atoms with van der Waals surface area (Å²) >= 11 is 0. The van der Waals surface area contributed by atoms with E-state index < -0.39 is 28.3 Å². The summed E-state index contributed by atoms with van der Waals surface area (Å²) in [7, 11) is -1.47. The smallest absolute Gasteiger partial charge is 0.306 e. The predicted octanol–water partition coefficient (Wildman–Crippen LogP) is 0.474. The number of carbonyl (C=O) groups is 2. The lowest BCUT2D eigenvalue weighted by molar-refractivity contribution is -0.148. The van der Waals surface area contributed by atoms with Crippen LogP contribution < -0.4 is 10.1 Å². The van der Waals surface area contributed by atoms with Crippen molar-refractivity contribution in [3.63, 3.8) is 0 Å². The van der Waals surface area contributed by atoms with Crippen molar-refractivity contribution in [3.05, 3.63) is 29.8 Å². The van der Waals surface area contributed by atoms with Crippen LogP contribution in [0.5, 0.6) is 5.75 Å². The molecular formula is C16H21NO6S. The third-order valence-corrected chi connectivity index (χ3v) is 5.51. The number of hydrogen-bond acceptors (Lipinski definition) is 6. The highest BCUT2D eigenvalue weighted by Gasteiger charge is 2.28. The third-order valence-electron chi connectivity index (χ3n) is 3.74. The summed E-state index contributed by atoms with van der Waals surface area (Å²) in [6.07, 6.45) is 1.07. The van der Waals surface area contributed by atoms with Gasteiger partial charge in [-0.1, -0.05) is 12.1 Å². The van der Waals surface area contributed by atoms with E-state index in [0.29, 0.717) is 12.8 Å². The summed E-state index contributed by atoms with van der Waals surface area (Å²) in [5.74, 6) is -0.175. The Morgan fingerprint density at radius 2 is 1.96 bits per heavy atom. The van der Waals surface area contributed by atoms with E-state index in [2.05, 4.69) is 5.32 Å². The van der Waals surface area contributed by atoms with Crippen molar-refractivity contribution in [2.24, 2.45) is 0 Å². The van der Waals surface area contributed by atoms with E-state index in [1.54, 1.807) is 7.11 Å². The van der Waals surface area contributed by atoms with Crippen molar-refractivity contribution in [1.82, 2.24) is 5.32 Å². The molecule has 24 heavy (non-hydrogen) atoms. The number of rotatable bonds is 7. The number of aryl methyl sites for hydroxylation is 1. The van der Waals surface area contributed by atoms with Crippen LogP contribution in [-0.4, -0.2) is 51.6 Å². The maximum Gasteiger partial charge on any atom is 0.306 e. The second kappa shape index (κ2) is 8.14. The van der Waals surface area contributed by atoms with Crippen molar-refractivity contribution in [2.75, 3.05) is 25.2 Å². The van der Waals surface area contributed by atoms with Crippen molar-refractivity contribution in [2.45, 2.75) is 25.3 Å². The number of benzene rings is 1. The lowest BCUT2D eigenvalue weighted by Gasteiger charge is -2.11. The van der Waals surface area contributed by atoms with E-state index in [0.717, 1.165) is 11.3 Å². The molecule has 132 valence electrons. The molecule has 0 bridgehead atoms. The fraction of sp³-hybridized carbons (Fsp3) is 0.500. The molecule has 1 atom stereocenters. The molecule has 1 fully saturated rings. The Labute approximate surface area is 141 Å². The highest BCUT2D eigenvalue weighted by atomic mass is 32.2. The minimum absolute atomic E-state index is 0.0514. The lowest BCUT2D eigenvalue weighted by atomic mass is 10.1. The average Bonchev–Trinajstić information content (AvgIpc) is 2.90. The van der Waals surface area contributed by atoms with E-state index >= 15 is 0 Å². The second-order valence-electron chi connectivity index (χ2n) is 5.68. The molecule has 0 radical (unpaired) electrons. The topological polar surface area (TPSA) is 98.8 Å². The number of sulfone groups is 1. The molecule has 2 rings (SSSR count). The molecule has 1 aliphatic rings. The van der Waals surface area contributed by atoms with Crippen LogP contribution in [0.3, 0.4) is 0 Å². The van der Waals surface area contributed by atoms with Crippen LogP contribution >= 0.6 is 0 Å². The Kier molecular flexibility index (Phi) is 6.19. The molecule has 0 unspecified atom stereocenters. The normalized spacial score (nSPS) is 18.8. The van der Waals surface area contributed by atoms with Crippen LogP contribution in [0.4, 0.5) is 0 Å². The molecule has 8 heteroatoms. The first-order chi connectivity index (χ1) is 11.4. The van der Waals surface area contributed by atoms with E-state index in [-0.39, 0.29) is 24.0 Å². The molecule has 0 aliphatic carbocycles. The van der Waals surface area contributed by atoms with Gasteiger partial charge >= 0.3 is 5.97 Å². The predicted molar refractivity (Wildman–Crippen MR) is 87.5 cm³/mol. The molecule has 1 heterocycles. The van der Waals surface area contributed by atoms with Gasteiger partial charge in [0.05, 0.1) is 18.6 Å². The van der Waals surface area contributed by atoms with Crippen LogP contribution in [-0.2, 0) is 30.6 Å². The number of ether oxygens (including phenoxy) is 2. The molecule has 1 aromatic rings. The van der Waals surface area contributed by atoms with Gasteiger partial charge in [-0.2, -0.15) is 0 Å². The zero-order chi connectivity index (χ0) is 17.6. The average molecular weight is 355 g/mol. The number of carbonyl (C=O) groups excluding carboxylic acids is 2. The van der Waals surface area contributed by atoms with Gasteiger partial charge in [-0.25, -0.2) is 8.42 Å². The van der Waals surface area contributed by atoms with Gasteiger partial charge in [0.25, 0.3) is 5.91 Å². The number of methoxy groups -OCH3 is 1. The standard InChI is InChI=1S/C16H21NO6S/c1-22-14-5-2-12(3-6-14)4-7-16(19)23-10-15(18)17-13-8-9-24(20,21)11-13/h2-3,5-6,13H,4,7-11H2,1H3,(H,17,18)/t13-/m1/s1.